The van der Waals surface area contributed by atoms with Crippen LogP contribution in [-0.2, 0) is 13.1 Å². The van der Waals surface area contributed by atoms with E-state index in [-0.39, 0.29) is 0 Å². The van der Waals surface area contributed by atoms with Crippen molar-refractivity contribution in [1.82, 2.24) is 20.3 Å². The highest BCUT2D eigenvalue weighted by Crippen LogP contribution is 2.29. The zero-order valence-corrected chi connectivity index (χ0v) is 12.1. The lowest BCUT2D eigenvalue weighted by atomic mass is 9.85. The molecule has 2 rings (SSSR count). The fourth-order valence-corrected chi connectivity index (χ4v) is 2.66. The maximum absolute atomic E-state index is 10.5. The van der Waals surface area contributed by atoms with Gasteiger partial charge in [-0.3, -0.25) is 0 Å². The normalized spacial score (nSPS) is 18.9. The summed E-state index contributed by atoms with van der Waals surface area (Å²) in [6, 6.07) is 0. The van der Waals surface area contributed by atoms with Crippen molar-refractivity contribution >= 4 is 0 Å². The van der Waals surface area contributed by atoms with Gasteiger partial charge >= 0.3 is 0 Å². The molecule has 0 unspecified atom stereocenters. The highest BCUT2D eigenvalue weighted by Gasteiger charge is 2.29. The summed E-state index contributed by atoms with van der Waals surface area (Å²) in [5.74, 6) is 0.637. The number of nitrogens with one attached hydrogen (secondary N) is 1. The average Bonchev–Trinajstić information content (AvgIpc) is 2.76. The van der Waals surface area contributed by atoms with E-state index in [0.717, 1.165) is 44.5 Å². The lowest BCUT2D eigenvalue weighted by Crippen LogP contribution is -2.36. The second kappa shape index (κ2) is 6.48. The van der Waals surface area contributed by atoms with E-state index in [1.54, 1.807) is 4.68 Å². The van der Waals surface area contributed by atoms with Crippen molar-refractivity contribution in [2.24, 2.45) is 5.92 Å². The zero-order chi connectivity index (χ0) is 13.7. The van der Waals surface area contributed by atoms with Crippen molar-refractivity contribution in [3.05, 3.63) is 11.9 Å². The molecule has 2 N–H and O–H groups in total. The van der Waals surface area contributed by atoms with E-state index < -0.39 is 5.60 Å². The van der Waals surface area contributed by atoms with Gasteiger partial charge in [-0.15, -0.1) is 5.10 Å². The van der Waals surface area contributed by atoms with Gasteiger partial charge in [-0.05, 0) is 25.3 Å². The van der Waals surface area contributed by atoms with Crippen LogP contribution in [0.1, 0.15) is 51.6 Å². The number of rotatable bonds is 6. The minimum absolute atomic E-state index is 0.574. The molecule has 1 heterocycles. The van der Waals surface area contributed by atoms with Gasteiger partial charge in [-0.25, -0.2) is 4.68 Å². The molecule has 1 aliphatic rings. The van der Waals surface area contributed by atoms with Gasteiger partial charge < -0.3 is 10.4 Å². The van der Waals surface area contributed by atoms with Crippen LogP contribution in [-0.4, -0.2) is 32.2 Å². The van der Waals surface area contributed by atoms with Crippen LogP contribution in [0, 0.1) is 5.92 Å². The number of hydrogen-bond donors (Lipinski definition) is 2. The lowest BCUT2D eigenvalue weighted by Gasteiger charge is -2.31. The molecule has 0 saturated heterocycles. The summed E-state index contributed by atoms with van der Waals surface area (Å²) in [6.07, 6.45) is 7.19. The molecular formula is C14H26N4O. The van der Waals surface area contributed by atoms with Gasteiger partial charge in [0.15, 0.2) is 0 Å². The Labute approximate surface area is 115 Å². The SMILES string of the molecule is CC(C)CNCc1cn(CC2(O)CCCCC2)nn1. The van der Waals surface area contributed by atoms with E-state index in [1.807, 2.05) is 6.20 Å². The molecule has 108 valence electrons. The molecule has 0 spiro atoms. The number of aliphatic hydroxyl groups is 1. The third kappa shape index (κ3) is 4.58. The van der Waals surface area contributed by atoms with Crippen LogP contribution in [0.3, 0.4) is 0 Å². The Bertz CT molecular complexity index is 383. The molecule has 0 radical (unpaired) electrons. The monoisotopic (exact) mass is 266 g/mol. The molecule has 19 heavy (non-hydrogen) atoms. The maximum Gasteiger partial charge on any atom is 0.0964 e. The van der Waals surface area contributed by atoms with Crippen molar-refractivity contribution in [1.29, 1.82) is 0 Å². The Balaban J connectivity index is 1.83. The van der Waals surface area contributed by atoms with Gasteiger partial charge in [0, 0.05) is 12.7 Å². The fourth-order valence-electron chi connectivity index (χ4n) is 2.66. The minimum Gasteiger partial charge on any atom is -0.388 e. The smallest absolute Gasteiger partial charge is 0.0964 e. The highest BCUT2D eigenvalue weighted by molar-refractivity contribution is 4.93. The van der Waals surface area contributed by atoms with E-state index >= 15 is 0 Å². The minimum atomic E-state index is -0.575. The lowest BCUT2D eigenvalue weighted by molar-refractivity contribution is -0.0146. The summed E-state index contributed by atoms with van der Waals surface area (Å²) in [6.45, 7) is 6.67. The first-order chi connectivity index (χ1) is 9.07. The Kier molecular flexibility index (Phi) is 4.93. The third-order valence-electron chi connectivity index (χ3n) is 3.69. The van der Waals surface area contributed by atoms with Crippen molar-refractivity contribution in [2.75, 3.05) is 6.54 Å². The molecule has 0 bridgehead atoms. The van der Waals surface area contributed by atoms with E-state index in [9.17, 15) is 5.11 Å². The van der Waals surface area contributed by atoms with Gasteiger partial charge in [-0.2, -0.15) is 0 Å². The Morgan fingerprint density at radius 1 is 1.37 bits per heavy atom. The third-order valence-corrected chi connectivity index (χ3v) is 3.69. The number of hydrogen-bond acceptors (Lipinski definition) is 4. The van der Waals surface area contributed by atoms with Crippen LogP contribution in [0.15, 0.2) is 6.20 Å². The number of nitrogens with zero attached hydrogens (tertiary/aromatic N) is 3. The predicted molar refractivity (Wildman–Crippen MR) is 74.6 cm³/mol. The van der Waals surface area contributed by atoms with Gasteiger partial charge in [0.1, 0.15) is 0 Å². The number of aromatic nitrogens is 3. The molecular weight excluding hydrogens is 240 g/mol. The van der Waals surface area contributed by atoms with Crippen molar-refractivity contribution in [3.63, 3.8) is 0 Å². The van der Waals surface area contributed by atoms with E-state index in [2.05, 4.69) is 29.5 Å². The molecule has 1 aromatic rings. The van der Waals surface area contributed by atoms with Gasteiger partial charge in [0.25, 0.3) is 0 Å². The quantitative estimate of drug-likeness (QED) is 0.823. The second-order valence-electron chi connectivity index (χ2n) is 6.22. The second-order valence-corrected chi connectivity index (χ2v) is 6.22. The molecule has 0 aliphatic heterocycles. The maximum atomic E-state index is 10.5. The van der Waals surface area contributed by atoms with Crippen molar-refractivity contribution < 1.29 is 5.11 Å². The average molecular weight is 266 g/mol. The van der Waals surface area contributed by atoms with Crippen molar-refractivity contribution in [2.45, 2.75) is 64.6 Å². The summed E-state index contributed by atoms with van der Waals surface area (Å²) < 4.78 is 1.79. The highest BCUT2D eigenvalue weighted by atomic mass is 16.3. The van der Waals surface area contributed by atoms with Crippen molar-refractivity contribution in [3.8, 4) is 0 Å². The molecule has 1 aromatic heterocycles. The van der Waals surface area contributed by atoms with Crippen LogP contribution >= 0.6 is 0 Å². The summed E-state index contributed by atoms with van der Waals surface area (Å²) >= 11 is 0. The first-order valence-corrected chi connectivity index (χ1v) is 7.39. The molecule has 5 heteroatoms. The standard InChI is InChI=1S/C14H26N4O/c1-12(2)8-15-9-13-10-18(17-16-13)11-14(19)6-4-3-5-7-14/h10,12,15,19H,3-9,11H2,1-2H3. The van der Waals surface area contributed by atoms with Gasteiger partial charge in [0.05, 0.1) is 17.8 Å². The molecule has 5 nitrogen and oxygen atoms in total. The Morgan fingerprint density at radius 3 is 2.79 bits per heavy atom. The van der Waals surface area contributed by atoms with Crippen LogP contribution in [0.25, 0.3) is 0 Å². The summed E-state index contributed by atoms with van der Waals surface area (Å²) in [4.78, 5) is 0. The van der Waals surface area contributed by atoms with Gasteiger partial charge in [0.2, 0.25) is 0 Å². The molecule has 0 atom stereocenters. The van der Waals surface area contributed by atoms with E-state index in [0.29, 0.717) is 12.5 Å². The summed E-state index contributed by atoms with van der Waals surface area (Å²) in [5.41, 5.74) is 0.370. The molecule has 0 aromatic carbocycles. The van der Waals surface area contributed by atoms with E-state index in [4.69, 9.17) is 0 Å². The van der Waals surface area contributed by atoms with Gasteiger partial charge in [-0.1, -0.05) is 38.3 Å². The largest absolute Gasteiger partial charge is 0.388 e. The Morgan fingerprint density at radius 2 is 2.11 bits per heavy atom. The van der Waals surface area contributed by atoms with Crippen LogP contribution < -0.4 is 5.32 Å². The fraction of sp³-hybridized carbons (Fsp3) is 0.857. The molecule has 1 saturated carbocycles. The van der Waals surface area contributed by atoms with Crippen LogP contribution in [0.2, 0.25) is 0 Å². The predicted octanol–water partition coefficient (Wildman–Crippen LogP) is 1.72. The van der Waals surface area contributed by atoms with E-state index in [1.165, 1.54) is 6.42 Å². The summed E-state index contributed by atoms with van der Waals surface area (Å²) in [5, 5.41) is 22.1. The van der Waals surface area contributed by atoms with Crippen LogP contribution in [0.5, 0.6) is 0 Å². The molecule has 1 aliphatic carbocycles. The topological polar surface area (TPSA) is 63.0 Å². The first-order valence-electron chi connectivity index (χ1n) is 7.39. The molecule has 1 fully saturated rings. The summed E-state index contributed by atoms with van der Waals surface area (Å²) in [7, 11) is 0. The molecule has 0 amide bonds. The Hall–Kier alpha value is -0.940. The van der Waals surface area contributed by atoms with Crippen LogP contribution in [0.4, 0.5) is 0 Å². The first kappa shape index (κ1) is 14.5. The zero-order valence-electron chi connectivity index (χ0n) is 12.1.